The Balaban J connectivity index is 2.15. The van der Waals surface area contributed by atoms with Gasteiger partial charge in [-0.3, -0.25) is 0 Å². The smallest absolute Gasteiger partial charge is 0.125 e. The SMILES string of the molecule is Fc1cc(Cl)c(NCc2cscn2)c(Br)c1. The number of nitrogens with one attached hydrogen (secondary N) is 1. The van der Waals surface area contributed by atoms with Gasteiger partial charge in [0.05, 0.1) is 28.5 Å². The van der Waals surface area contributed by atoms with Crippen LogP contribution in [0.5, 0.6) is 0 Å². The molecular formula is C10H7BrClFN2S. The molecule has 2 nitrogen and oxygen atoms in total. The van der Waals surface area contributed by atoms with E-state index in [0.29, 0.717) is 21.7 Å². The maximum atomic E-state index is 13.0. The highest BCUT2D eigenvalue weighted by Crippen LogP contribution is 2.31. The van der Waals surface area contributed by atoms with Crippen LogP contribution in [0.4, 0.5) is 10.1 Å². The number of rotatable bonds is 3. The Morgan fingerprint density at radius 1 is 1.50 bits per heavy atom. The van der Waals surface area contributed by atoms with Crippen molar-refractivity contribution in [1.29, 1.82) is 0 Å². The van der Waals surface area contributed by atoms with Crippen molar-refractivity contribution in [3.05, 3.63) is 44.0 Å². The predicted molar refractivity (Wildman–Crippen MR) is 68.6 cm³/mol. The van der Waals surface area contributed by atoms with E-state index in [1.54, 1.807) is 5.51 Å². The van der Waals surface area contributed by atoms with Gasteiger partial charge in [-0.15, -0.1) is 11.3 Å². The van der Waals surface area contributed by atoms with Crippen molar-refractivity contribution in [2.45, 2.75) is 6.54 Å². The maximum Gasteiger partial charge on any atom is 0.125 e. The number of aromatic nitrogens is 1. The molecule has 0 atom stereocenters. The first-order valence-electron chi connectivity index (χ1n) is 4.42. The topological polar surface area (TPSA) is 24.9 Å². The van der Waals surface area contributed by atoms with Gasteiger partial charge in [0.2, 0.25) is 0 Å². The van der Waals surface area contributed by atoms with Crippen molar-refractivity contribution in [2.24, 2.45) is 0 Å². The third kappa shape index (κ3) is 2.72. The molecule has 6 heteroatoms. The van der Waals surface area contributed by atoms with Gasteiger partial charge in [-0.25, -0.2) is 9.37 Å². The fourth-order valence-electron chi connectivity index (χ4n) is 1.21. The molecule has 0 aliphatic heterocycles. The van der Waals surface area contributed by atoms with E-state index in [2.05, 4.69) is 26.2 Å². The molecule has 2 aromatic rings. The molecule has 1 aromatic heterocycles. The monoisotopic (exact) mass is 320 g/mol. The molecule has 0 saturated carbocycles. The molecular weight excluding hydrogens is 315 g/mol. The number of anilines is 1. The quantitative estimate of drug-likeness (QED) is 0.911. The number of nitrogens with zero attached hydrogens (tertiary/aromatic N) is 1. The molecule has 1 N–H and O–H groups in total. The summed E-state index contributed by atoms with van der Waals surface area (Å²) in [4.78, 5) is 4.13. The predicted octanol–water partition coefficient (Wildman–Crippen LogP) is 4.31. The second-order valence-corrected chi connectivity index (χ2v) is 5.06. The Hall–Kier alpha value is -0.650. The highest BCUT2D eigenvalue weighted by Gasteiger charge is 2.07. The summed E-state index contributed by atoms with van der Waals surface area (Å²) in [7, 11) is 0. The van der Waals surface area contributed by atoms with Crippen LogP contribution in [0.15, 0.2) is 27.5 Å². The lowest BCUT2D eigenvalue weighted by atomic mass is 10.3. The minimum absolute atomic E-state index is 0.349. The molecule has 2 rings (SSSR count). The summed E-state index contributed by atoms with van der Waals surface area (Å²) < 4.78 is 13.6. The van der Waals surface area contributed by atoms with Crippen LogP contribution in [0, 0.1) is 5.82 Å². The lowest BCUT2D eigenvalue weighted by Gasteiger charge is -2.09. The van der Waals surface area contributed by atoms with E-state index in [-0.39, 0.29) is 5.82 Å². The second-order valence-electron chi connectivity index (χ2n) is 3.08. The zero-order valence-corrected chi connectivity index (χ0v) is 11.2. The molecule has 0 spiro atoms. The van der Waals surface area contributed by atoms with E-state index < -0.39 is 0 Å². The first-order chi connectivity index (χ1) is 7.66. The Kier molecular flexibility index (Phi) is 3.78. The van der Waals surface area contributed by atoms with Gasteiger partial charge in [-0.05, 0) is 28.1 Å². The average molecular weight is 322 g/mol. The molecule has 0 unspecified atom stereocenters. The van der Waals surface area contributed by atoms with Gasteiger partial charge in [-0.2, -0.15) is 0 Å². The van der Waals surface area contributed by atoms with Crippen molar-refractivity contribution >= 4 is 44.6 Å². The van der Waals surface area contributed by atoms with Gasteiger partial charge in [0.1, 0.15) is 5.82 Å². The lowest BCUT2D eigenvalue weighted by Crippen LogP contribution is -2.01. The Morgan fingerprint density at radius 3 is 2.94 bits per heavy atom. The molecule has 0 radical (unpaired) electrons. The number of benzene rings is 1. The number of halogens is 3. The summed E-state index contributed by atoms with van der Waals surface area (Å²) in [6, 6.07) is 2.64. The summed E-state index contributed by atoms with van der Waals surface area (Å²) >= 11 is 10.7. The van der Waals surface area contributed by atoms with Gasteiger partial charge in [0.15, 0.2) is 0 Å². The van der Waals surface area contributed by atoms with E-state index in [1.165, 1.54) is 23.5 Å². The van der Waals surface area contributed by atoms with Crippen molar-refractivity contribution in [2.75, 3.05) is 5.32 Å². The zero-order chi connectivity index (χ0) is 11.5. The lowest BCUT2D eigenvalue weighted by molar-refractivity contribution is 0.627. The molecule has 0 saturated heterocycles. The second kappa shape index (κ2) is 5.12. The molecule has 0 bridgehead atoms. The summed E-state index contributed by atoms with van der Waals surface area (Å²) in [5, 5.41) is 5.40. The van der Waals surface area contributed by atoms with Crippen molar-refractivity contribution in [3.8, 4) is 0 Å². The fraction of sp³-hybridized carbons (Fsp3) is 0.100. The Bertz CT molecular complexity index is 467. The van der Waals surface area contributed by atoms with Crippen LogP contribution in [0.25, 0.3) is 0 Å². The number of hydrogen-bond donors (Lipinski definition) is 1. The summed E-state index contributed by atoms with van der Waals surface area (Å²) in [5.74, 6) is -0.365. The van der Waals surface area contributed by atoms with Crippen LogP contribution in [0.2, 0.25) is 5.02 Å². The minimum atomic E-state index is -0.365. The van der Waals surface area contributed by atoms with Gasteiger partial charge < -0.3 is 5.32 Å². The van der Waals surface area contributed by atoms with E-state index in [0.717, 1.165) is 5.69 Å². The molecule has 1 aromatic carbocycles. The summed E-state index contributed by atoms with van der Waals surface area (Å²) in [6.45, 7) is 0.563. The molecule has 0 aliphatic carbocycles. The Labute approximate surface area is 110 Å². The van der Waals surface area contributed by atoms with E-state index in [4.69, 9.17) is 11.6 Å². The molecule has 84 valence electrons. The third-order valence-electron chi connectivity index (χ3n) is 1.94. The van der Waals surface area contributed by atoms with Crippen LogP contribution >= 0.6 is 38.9 Å². The maximum absolute atomic E-state index is 13.0. The van der Waals surface area contributed by atoms with Gasteiger partial charge in [0.25, 0.3) is 0 Å². The highest BCUT2D eigenvalue weighted by atomic mass is 79.9. The van der Waals surface area contributed by atoms with Crippen LogP contribution in [0.1, 0.15) is 5.69 Å². The third-order valence-corrected chi connectivity index (χ3v) is 3.50. The van der Waals surface area contributed by atoms with E-state index in [1.807, 2.05) is 5.38 Å². The minimum Gasteiger partial charge on any atom is -0.377 e. The summed E-state index contributed by atoms with van der Waals surface area (Å²) in [5.41, 5.74) is 3.37. The first kappa shape index (κ1) is 11.8. The Morgan fingerprint density at radius 2 is 2.31 bits per heavy atom. The summed E-state index contributed by atoms with van der Waals surface area (Å²) in [6.07, 6.45) is 0. The van der Waals surface area contributed by atoms with E-state index >= 15 is 0 Å². The standard InChI is InChI=1S/C10H7BrClFN2S/c11-8-1-6(13)2-9(12)10(8)14-3-7-4-16-5-15-7/h1-2,4-5,14H,3H2. The van der Waals surface area contributed by atoms with Crippen molar-refractivity contribution in [1.82, 2.24) is 4.98 Å². The van der Waals surface area contributed by atoms with Crippen molar-refractivity contribution in [3.63, 3.8) is 0 Å². The van der Waals surface area contributed by atoms with Gasteiger partial charge in [-0.1, -0.05) is 11.6 Å². The molecule has 0 fully saturated rings. The van der Waals surface area contributed by atoms with Crippen LogP contribution in [-0.2, 0) is 6.54 Å². The molecule has 16 heavy (non-hydrogen) atoms. The number of hydrogen-bond acceptors (Lipinski definition) is 3. The van der Waals surface area contributed by atoms with Crippen LogP contribution in [-0.4, -0.2) is 4.98 Å². The van der Waals surface area contributed by atoms with Crippen molar-refractivity contribution < 1.29 is 4.39 Å². The van der Waals surface area contributed by atoms with Crippen LogP contribution in [0.3, 0.4) is 0 Å². The first-order valence-corrected chi connectivity index (χ1v) is 6.53. The molecule has 0 amide bonds. The van der Waals surface area contributed by atoms with Gasteiger partial charge in [0, 0.05) is 9.85 Å². The molecule has 1 heterocycles. The van der Waals surface area contributed by atoms with Gasteiger partial charge >= 0.3 is 0 Å². The van der Waals surface area contributed by atoms with E-state index in [9.17, 15) is 4.39 Å². The largest absolute Gasteiger partial charge is 0.377 e. The molecule has 0 aliphatic rings. The van der Waals surface area contributed by atoms with Crippen LogP contribution < -0.4 is 5.32 Å². The fourth-order valence-corrected chi connectivity index (χ4v) is 2.73. The average Bonchev–Trinajstić information content (AvgIpc) is 2.68. The number of thiazole rings is 1. The zero-order valence-electron chi connectivity index (χ0n) is 8.01. The normalized spacial score (nSPS) is 10.4. The highest BCUT2D eigenvalue weighted by molar-refractivity contribution is 9.10.